The zero-order valence-electron chi connectivity index (χ0n) is 15.2. The van der Waals surface area contributed by atoms with Gasteiger partial charge >= 0.3 is 0 Å². The van der Waals surface area contributed by atoms with Gasteiger partial charge in [-0.25, -0.2) is 14.4 Å². The average molecular weight is 397 g/mol. The fourth-order valence-corrected chi connectivity index (χ4v) is 4.38. The molecule has 0 saturated heterocycles. The number of rotatable bonds is 2. The fourth-order valence-electron chi connectivity index (χ4n) is 3.71. The van der Waals surface area contributed by atoms with Crippen LogP contribution < -0.4 is 0 Å². The summed E-state index contributed by atoms with van der Waals surface area (Å²) in [5.41, 5.74) is 1.57. The van der Waals surface area contributed by atoms with Crippen LogP contribution in [-0.4, -0.2) is 36.3 Å². The predicted octanol–water partition coefficient (Wildman–Crippen LogP) is 3.81. The van der Waals surface area contributed by atoms with Crippen molar-refractivity contribution < 1.29 is 13.6 Å². The molecule has 4 aromatic rings. The first-order valence-electron chi connectivity index (χ1n) is 8.87. The van der Waals surface area contributed by atoms with Gasteiger partial charge in [0.15, 0.2) is 10.8 Å². The van der Waals surface area contributed by atoms with E-state index >= 15 is 0 Å². The number of imidazole rings is 1. The molecule has 0 aliphatic carbocycles. The Bertz CT molecular complexity index is 1210. The van der Waals surface area contributed by atoms with Crippen LogP contribution in [0.15, 0.2) is 35.1 Å². The van der Waals surface area contributed by atoms with E-state index in [1.54, 1.807) is 11.1 Å². The van der Waals surface area contributed by atoms with E-state index in [0.717, 1.165) is 22.4 Å². The summed E-state index contributed by atoms with van der Waals surface area (Å²) in [6.45, 7) is 4.92. The first kappa shape index (κ1) is 17.1. The summed E-state index contributed by atoms with van der Waals surface area (Å²) in [5.74, 6) is 0.904. The Balaban J connectivity index is 1.50. The number of nitrogens with zero attached hydrogens (tertiary/aromatic N) is 5. The van der Waals surface area contributed by atoms with E-state index in [4.69, 9.17) is 4.42 Å². The molecule has 0 radical (unpaired) electrons. The monoisotopic (exact) mass is 397 g/mol. The third-order valence-corrected chi connectivity index (χ3v) is 5.92. The first-order valence-corrected chi connectivity index (χ1v) is 9.64. The van der Waals surface area contributed by atoms with Gasteiger partial charge in [-0.3, -0.25) is 4.79 Å². The number of aryl methyl sites for hydroxylation is 1. The molecule has 0 fully saturated rings. The van der Waals surface area contributed by atoms with E-state index < -0.39 is 5.82 Å². The lowest BCUT2D eigenvalue weighted by Gasteiger charge is -2.34. The Hall–Kier alpha value is -3.07. The van der Waals surface area contributed by atoms with Crippen molar-refractivity contribution in [3.63, 3.8) is 0 Å². The molecule has 7 nitrogen and oxygen atoms in total. The summed E-state index contributed by atoms with van der Waals surface area (Å²) in [7, 11) is 0. The maximum Gasteiger partial charge on any atom is 0.258 e. The number of hydrogen-bond donors (Lipinski definition) is 0. The number of benzene rings is 1. The van der Waals surface area contributed by atoms with Crippen molar-refractivity contribution >= 4 is 28.4 Å². The number of amides is 1. The maximum atomic E-state index is 13.9. The molecule has 1 aliphatic heterocycles. The van der Waals surface area contributed by atoms with E-state index in [0.29, 0.717) is 24.0 Å². The number of fused-ring (bicyclic) bond motifs is 2. The number of aromatic nitrogens is 4. The van der Waals surface area contributed by atoms with Crippen molar-refractivity contribution in [2.75, 3.05) is 6.54 Å². The molecule has 5 rings (SSSR count). The second-order valence-electron chi connectivity index (χ2n) is 6.74. The molecule has 0 bridgehead atoms. The number of furan rings is 1. The molecule has 1 atom stereocenters. The topological polar surface area (TPSA) is 77.0 Å². The summed E-state index contributed by atoms with van der Waals surface area (Å²) < 4.78 is 25.6. The van der Waals surface area contributed by atoms with Crippen LogP contribution in [0.2, 0.25) is 0 Å². The van der Waals surface area contributed by atoms with E-state index in [2.05, 4.69) is 18.9 Å². The average Bonchev–Trinajstić information content (AvgIpc) is 3.41. The normalized spacial score (nSPS) is 16.5. The van der Waals surface area contributed by atoms with Crippen molar-refractivity contribution in [2.45, 2.75) is 26.4 Å². The van der Waals surface area contributed by atoms with Gasteiger partial charge in [0.1, 0.15) is 17.2 Å². The maximum absolute atomic E-state index is 13.9. The van der Waals surface area contributed by atoms with Crippen molar-refractivity contribution in [2.24, 2.45) is 0 Å². The molecule has 0 N–H and O–H groups in total. The van der Waals surface area contributed by atoms with Gasteiger partial charge in [0.25, 0.3) is 5.91 Å². The molecular weight excluding hydrogens is 381 g/mol. The summed E-state index contributed by atoms with van der Waals surface area (Å²) >= 11 is 1.32. The molecule has 28 heavy (non-hydrogen) atoms. The van der Waals surface area contributed by atoms with E-state index in [9.17, 15) is 9.18 Å². The highest BCUT2D eigenvalue weighted by molar-refractivity contribution is 7.09. The minimum atomic E-state index is -0.401. The Morgan fingerprint density at radius 1 is 1.32 bits per heavy atom. The molecule has 142 valence electrons. The van der Waals surface area contributed by atoms with Crippen molar-refractivity contribution in [3.05, 3.63) is 53.6 Å². The lowest BCUT2D eigenvalue weighted by atomic mass is 10.1. The largest absolute Gasteiger partial charge is 0.463 e. The standard InChI is InChI=1S/C19H16FN5O2S/c1-10-15-9-21-17(18-22-11(2)23-28-18)25(15)7-6-24(10)19(26)13-3-4-14(20)12-5-8-27-16(12)13/h3-5,8-10H,6-7H2,1-2H3/t10-/m1/s1. The number of carbonyl (C=O) groups is 1. The van der Waals surface area contributed by atoms with Crippen LogP contribution in [0.3, 0.4) is 0 Å². The van der Waals surface area contributed by atoms with Crippen LogP contribution in [0.25, 0.3) is 21.8 Å². The number of hydrogen-bond acceptors (Lipinski definition) is 6. The molecule has 1 aliphatic rings. The summed E-state index contributed by atoms with van der Waals surface area (Å²) in [6, 6.07) is 4.13. The van der Waals surface area contributed by atoms with Crippen molar-refractivity contribution in [1.29, 1.82) is 0 Å². The molecule has 9 heteroatoms. The summed E-state index contributed by atoms with van der Waals surface area (Å²) in [5, 5.41) is 1.08. The minimum absolute atomic E-state index is 0.187. The molecule has 1 aromatic carbocycles. The quantitative estimate of drug-likeness (QED) is 0.514. The fraction of sp³-hybridized carbons (Fsp3) is 0.263. The van der Waals surface area contributed by atoms with E-state index in [1.165, 1.54) is 36.0 Å². The van der Waals surface area contributed by atoms with Gasteiger partial charge in [0, 0.05) is 13.1 Å². The molecule has 0 unspecified atom stereocenters. The van der Waals surface area contributed by atoms with Crippen LogP contribution in [-0.2, 0) is 6.54 Å². The molecule has 1 amide bonds. The molecule has 0 saturated carbocycles. The lowest BCUT2D eigenvalue weighted by Crippen LogP contribution is -2.41. The van der Waals surface area contributed by atoms with Crippen molar-refractivity contribution in [3.8, 4) is 10.8 Å². The molecule has 4 heterocycles. The molecular formula is C19H16FN5O2S. The molecule has 0 spiro atoms. The van der Waals surface area contributed by atoms with Crippen LogP contribution in [0.5, 0.6) is 0 Å². The third kappa shape index (κ3) is 2.46. The predicted molar refractivity (Wildman–Crippen MR) is 101 cm³/mol. The number of carbonyl (C=O) groups excluding carboxylic acids is 1. The Morgan fingerprint density at radius 3 is 2.96 bits per heavy atom. The minimum Gasteiger partial charge on any atom is -0.463 e. The van der Waals surface area contributed by atoms with Gasteiger partial charge < -0.3 is 13.9 Å². The van der Waals surface area contributed by atoms with Gasteiger partial charge in [0.05, 0.1) is 35.1 Å². The van der Waals surface area contributed by atoms with Gasteiger partial charge in [0.2, 0.25) is 0 Å². The second-order valence-corrected chi connectivity index (χ2v) is 7.49. The van der Waals surface area contributed by atoms with Gasteiger partial charge in [-0.15, -0.1) is 0 Å². The highest BCUT2D eigenvalue weighted by Crippen LogP contribution is 2.33. The Kier molecular flexibility index (Phi) is 3.80. The van der Waals surface area contributed by atoms with Crippen molar-refractivity contribution in [1.82, 2.24) is 23.8 Å². The Labute approximate surface area is 163 Å². The smallest absolute Gasteiger partial charge is 0.258 e. The summed E-state index contributed by atoms with van der Waals surface area (Å²) in [4.78, 5) is 23.9. The molecule has 3 aromatic heterocycles. The van der Waals surface area contributed by atoms with Gasteiger partial charge in [-0.2, -0.15) is 4.37 Å². The van der Waals surface area contributed by atoms with Gasteiger partial charge in [-0.1, -0.05) is 0 Å². The third-order valence-electron chi connectivity index (χ3n) is 5.12. The van der Waals surface area contributed by atoms with E-state index in [1.807, 2.05) is 13.8 Å². The first-order chi connectivity index (χ1) is 13.5. The van der Waals surface area contributed by atoms with Gasteiger partial charge in [-0.05, 0) is 43.6 Å². The lowest BCUT2D eigenvalue weighted by molar-refractivity contribution is 0.0645. The van der Waals surface area contributed by atoms with Crippen LogP contribution in [0.1, 0.15) is 34.8 Å². The summed E-state index contributed by atoms with van der Waals surface area (Å²) in [6.07, 6.45) is 3.18. The Morgan fingerprint density at radius 2 is 2.18 bits per heavy atom. The number of halogens is 1. The van der Waals surface area contributed by atoms with Crippen LogP contribution >= 0.6 is 11.5 Å². The van der Waals surface area contributed by atoms with Crippen LogP contribution in [0, 0.1) is 12.7 Å². The van der Waals surface area contributed by atoms with E-state index in [-0.39, 0.29) is 17.5 Å². The zero-order chi connectivity index (χ0) is 19.4. The zero-order valence-corrected chi connectivity index (χ0v) is 16.0. The van der Waals surface area contributed by atoms with Crippen LogP contribution in [0.4, 0.5) is 4.39 Å². The highest BCUT2D eigenvalue weighted by atomic mass is 32.1. The SMILES string of the molecule is Cc1nsc(-c2ncc3n2CCN(C(=O)c2ccc(F)c4ccoc24)[C@@H]3C)n1. The highest BCUT2D eigenvalue weighted by Gasteiger charge is 2.32. The second kappa shape index (κ2) is 6.23.